The first-order valence-corrected chi connectivity index (χ1v) is 7.39. The predicted octanol–water partition coefficient (Wildman–Crippen LogP) is 3.20. The van der Waals surface area contributed by atoms with Gasteiger partial charge in [0, 0.05) is 13.1 Å². The Balaban J connectivity index is 2.36. The molecule has 0 N–H and O–H groups in total. The summed E-state index contributed by atoms with van der Waals surface area (Å²) in [6.45, 7) is 8.38. The zero-order valence-corrected chi connectivity index (χ0v) is 12.1. The molecule has 0 spiro atoms. The molecular formula is C13H26N2OS. The summed E-state index contributed by atoms with van der Waals surface area (Å²) in [4.78, 5) is 0. The monoisotopic (exact) mass is 258 g/mol. The Kier molecular flexibility index (Phi) is 7.53. The van der Waals surface area contributed by atoms with Crippen LogP contribution in [0.1, 0.15) is 52.4 Å². The molecule has 0 unspecified atom stereocenters. The molecule has 0 aromatic carbocycles. The molecule has 4 heteroatoms. The third kappa shape index (κ3) is 5.21. The number of hydrogen-bond acceptors (Lipinski definition) is 3. The van der Waals surface area contributed by atoms with Gasteiger partial charge in [-0.3, -0.25) is 5.01 Å². The Bertz CT molecular complexity index is 213. The van der Waals surface area contributed by atoms with Crippen molar-refractivity contribution in [3.05, 3.63) is 0 Å². The molecule has 1 saturated heterocycles. The number of unbranched alkanes of at least 4 members (excludes halogenated alkanes) is 4. The van der Waals surface area contributed by atoms with Crippen LogP contribution in [-0.2, 0) is 4.74 Å². The molecule has 0 saturated carbocycles. The summed E-state index contributed by atoms with van der Waals surface area (Å²) in [5.74, 6) is 0. The van der Waals surface area contributed by atoms with Crippen molar-refractivity contribution in [2.45, 2.75) is 52.4 Å². The molecule has 0 aromatic rings. The van der Waals surface area contributed by atoms with E-state index in [1.807, 2.05) is 0 Å². The van der Waals surface area contributed by atoms with Gasteiger partial charge in [0.1, 0.15) is 6.61 Å². The number of hydrogen-bond donors (Lipinski definition) is 0. The third-order valence-corrected chi connectivity index (χ3v) is 3.45. The zero-order chi connectivity index (χ0) is 12.5. The highest BCUT2D eigenvalue weighted by atomic mass is 32.1. The average molecular weight is 258 g/mol. The van der Waals surface area contributed by atoms with Gasteiger partial charge in [0.2, 0.25) is 0 Å². The van der Waals surface area contributed by atoms with Crippen LogP contribution in [0.3, 0.4) is 0 Å². The molecule has 0 atom stereocenters. The van der Waals surface area contributed by atoms with Gasteiger partial charge in [-0.05, 0) is 25.1 Å². The van der Waals surface area contributed by atoms with Crippen LogP contribution in [-0.4, -0.2) is 41.4 Å². The van der Waals surface area contributed by atoms with Gasteiger partial charge in [-0.25, -0.2) is 5.01 Å². The van der Waals surface area contributed by atoms with Crippen molar-refractivity contribution in [2.24, 2.45) is 0 Å². The maximum atomic E-state index is 5.37. The molecule has 100 valence electrons. The van der Waals surface area contributed by atoms with E-state index in [4.69, 9.17) is 17.0 Å². The van der Waals surface area contributed by atoms with E-state index in [1.165, 1.54) is 38.5 Å². The lowest BCUT2D eigenvalue weighted by molar-refractivity contribution is 0.0535. The van der Waals surface area contributed by atoms with E-state index < -0.39 is 0 Å². The van der Waals surface area contributed by atoms with Crippen LogP contribution >= 0.6 is 12.2 Å². The van der Waals surface area contributed by atoms with Crippen LogP contribution in [0.4, 0.5) is 0 Å². The fourth-order valence-corrected chi connectivity index (χ4v) is 2.37. The van der Waals surface area contributed by atoms with Crippen molar-refractivity contribution in [1.82, 2.24) is 10.0 Å². The molecule has 17 heavy (non-hydrogen) atoms. The fourth-order valence-electron chi connectivity index (χ4n) is 2.08. The van der Waals surface area contributed by atoms with Gasteiger partial charge < -0.3 is 4.74 Å². The summed E-state index contributed by atoms with van der Waals surface area (Å²) in [7, 11) is 0. The van der Waals surface area contributed by atoms with E-state index in [-0.39, 0.29) is 0 Å². The van der Waals surface area contributed by atoms with Crippen LogP contribution in [0.25, 0.3) is 0 Å². The molecule has 1 rings (SSSR count). The fraction of sp³-hybridized carbons (Fsp3) is 0.923. The highest BCUT2D eigenvalue weighted by molar-refractivity contribution is 7.80. The van der Waals surface area contributed by atoms with Crippen molar-refractivity contribution in [2.75, 3.05) is 26.2 Å². The Morgan fingerprint density at radius 2 is 1.71 bits per heavy atom. The normalized spacial score (nSPS) is 15.7. The molecule has 0 aromatic heterocycles. The van der Waals surface area contributed by atoms with Gasteiger partial charge in [0.15, 0.2) is 0 Å². The maximum absolute atomic E-state index is 5.37. The van der Waals surface area contributed by atoms with Crippen molar-refractivity contribution in [3.8, 4) is 0 Å². The van der Waals surface area contributed by atoms with Gasteiger partial charge in [0.25, 0.3) is 5.17 Å². The third-order valence-electron chi connectivity index (χ3n) is 3.12. The van der Waals surface area contributed by atoms with Crippen molar-refractivity contribution < 1.29 is 4.74 Å². The van der Waals surface area contributed by atoms with Crippen molar-refractivity contribution in [3.63, 3.8) is 0 Å². The first-order chi connectivity index (χ1) is 8.29. The van der Waals surface area contributed by atoms with E-state index in [0.29, 0.717) is 5.17 Å². The molecular weight excluding hydrogens is 232 g/mol. The summed E-state index contributed by atoms with van der Waals surface area (Å²) < 4.78 is 5.37. The Labute approximate surface area is 111 Å². The Hall–Kier alpha value is -0.350. The number of nitrogens with zero attached hydrogens (tertiary/aromatic N) is 2. The SMILES string of the molecule is CCCCCN(CCCCC)N1CCOC1=S. The second-order valence-corrected chi connectivity index (χ2v) is 4.95. The summed E-state index contributed by atoms with van der Waals surface area (Å²) in [6.07, 6.45) is 7.63. The van der Waals surface area contributed by atoms with Crippen LogP contribution in [0.2, 0.25) is 0 Å². The summed E-state index contributed by atoms with van der Waals surface area (Å²) in [6, 6.07) is 0. The molecule has 0 amide bonds. The average Bonchev–Trinajstić information content (AvgIpc) is 2.74. The number of thiocarbonyl (C=S) groups is 1. The Morgan fingerprint density at radius 3 is 2.12 bits per heavy atom. The van der Waals surface area contributed by atoms with Gasteiger partial charge in [-0.15, -0.1) is 0 Å². The minimum atomic E-state index is 0.665. The minimum Gasteiger partial charge on any atom is -0.468 e. The molecule has 3 nitrogen and oxygen atoms in total. The van der Waals surface area contributed by atoms with Gasteiger partial charge in [-0.2, -0.15) is 0 Å². The van der Waals surface area contributed by atoms with Crippen LogP contribution in [0.5, 0.6) is 0 Å². The van der Waals surface area contributed by atoms with Gasteiger partial charge in [0.05, 0.1) is 6.54 Å². The minimum absolute atomic E-state index is 0.665. The quantitative estimate of drug-likeness (QED) is 0.466. The van der Waals surface area contributed by atoms with Crippen molar-refractivity contribution in [1.29, 1.82) is 0 Å². The van der Waals surface area contributed by atoms with Crippen molar-refractivity contribution >= 4 is 17.4 Å². The lowest BCUT2D eigenvalue weighted by Gasteiger charge is -2.31. The summed E-state index contributed by atoms with van der Waals surface area (Å²) in [5, 5.41) is 5.21. The molecule has 1 heterocycles. The lowest BCUT2D eigenvalue weighted by atomic mass is 10.2. The highest BCUT2D eigenvalue weighted by Crippen LogP contribution is 2.12. The number of ether oxygens (including phenoxy) is 1. The number of rotatable bonds is 9. The lowest BCUT2D eigenvalue weighted by Crippen LogP contribution is -2.44. The smallest absolute Gasteiger partial charge is 0.274 e. The molecule has 0 bridgehead atoms. The topological polar surface area (TPSA) is 15.7 Å². The summed E-state index contributed by atoms with van der Waals surface area (Å²) >= 11 is 5.24. The molecule has 0 radical (unpaired) electrons. The molecule has 1 aliphatic heterocycles. The predicted molar refractivity (Wildman–Crippen MR) is 75.9 cm³/mol. The number of hydrazine groups is 1. The molecule has 0 aliphatic carbocycles. The standard InChI is InChI=1S/C13H26N2OS/c1-3-5-7-9-14(10-8-6-4-2)15-11-12-16-13(15)17/h3-12H2,1-2H3. The van der Waals surface area contributed by atoms with E-state index >= 15 is 0 Å². The van der Waals surface area contributed by atoms with Crippen LogP contribution in [0, 0.1) is 0 Å². The molecule has 1 fully saturated rings. The van der Waals surface area contributed by atoms with Crippen LogP contribution < -0.4 is 0 Å². The largest absolute Gasteiger partial charge is 0.468 e. The highest BCUT2D eigenvalue weighted by Gasteiger charge is 2.23. The first-order valence-electron chi connectivity index (χ1n) is 6.98. The second kappa shape index (κ2) is 8.70. The van der Waals surface area contributed by atoms with Crippen LogP contribution in [0.15, 0.2) is 0 Å². The van der Waals surface area contributed by atoms with E-state index in [9.17, 15) is 0 Å². The zero-order valence-electron chi connectivity index (χ0n) is 11.3. The van der Waals surface area contributed by atoms with Gasteiger partial charge in [-0.1, -0.05) is 39.5 Å². The first kappa shape index (κ1) is 14.7. The second-order valence-electron chi connectivity index (χ2n) is 4.61. The van der Waals surface area contributed by atoms with E-state index in [2.05, 4.69) is 23.9 Å². The summed E-state index contributed by atoms with van der Waals surface area (Å²) in [5.41, 5.74) is 0. The van der Waals surface area contributed by atoms with E-state index in [1.54, 1.807) is 0 Å². The molecule has 1 aliphatic rings. The Morgan fingerprint density at radius 1 is 1.12 bits per heavy atom. The van der Waals surface area contributed by atoms with Gasteiger partial charge >= 0.3 is 0 Å². The maximum Gasteiger partial charge on any atom is 0.274 e. The van der Waals surface area contributed by atoms with E-state index in [0.717, 1.165) is 26.2 Å².